The summed E-state index contributed by atoms with van der Waals surface area (Å²) >= 11 is 1.25. The summed E-state index contributed by atoms with van der Waals surface area (Å²) in [5.41, 5.74) is 0.961. The van der Waals surface area contributed by atoms with Crippen molar-refractivity contribution >= 4 is 27.2 Å². The lowest BCUT2D eigenvalue weighted by molar-refractivity contribution is -0.380. The fourth-order valence-electron chi connectivity index (χ4n) is 3.72. The first kappa shape index (κ1) is 18.1. The predicted octanol–water partition coefficient (Wildman–Crippen LogP) is 2.49. The van der Waals surface area contributed by atoms with Gasteiger partial charge in [-0.3, -0.25) is 19.8 Å². The Labute approximate surface area is 152 Å². The number of hydrogen-bond acceptors (Lipinski definition) is 6. The third-order valence-corrected chi connectivity index (χ3v) is 6.45. The van der Waals surface area contributed by atoms with E-state index in [-0.39, 0.29) is 15.8 Å². The van der Waals surface area contributed by atoms with Crippen LogP contribution in [-0.2, 0) is 4.79 Å². The second kappa shape index (κ2) is 7.70. The minimum Gasteiger partial charge on any atom is -0.360 e. The van der Waals surface area contributed by atoms with Gasteiger partial charge in [0.1, 0.15) is 5.00 Å². The number of amides is 1. The Kier molecular flexibility index (Phi) is 5.58. The molecule has 2 aliphatic heterocycles. The second-order valence-electron chi connectivity index (χ2n) is 7.03. The number of carbonyl (C=O) groups is 1. The number of piperidine rings is 1. The molecule has 0 bridgehead atoms. The van der Waals surface area contributed by atoms with E-state index in [4.69, 9.17) is 0 Å². The smallest absolute Gasteiger partial charge is 0.326 e. The molecule has 0 N–H and O–H groups in total. The molecule has 1 amide bonds. The zero-order valence-corrected chi connectivity index (χ0v) is 15.8. The molecule has 2 saturated heterocycles. The average Bonchev–Trinajstić information content (AvgIpc) is 2.98. The van der Waals surface area contributed by atoms with Gasteiger partial charge in [-0.25, -0.2) is 0 Å². The molecule has 0 radical (unpaired) electrons. The molecule has 2 fully saturated rings. The molecule has 0 aromatic carbocycles. The van der Waals surface area contributed by atoms with Crippen LogP contribution >= 0.6 is 11.3 Å². The van der Waals surface area contributed by atoms with E-state index in [0.717, 1.165) is 56.1 Å². The molecule has 3 rings (SSSR count). The van der Waals surface area contributed by atoms with Gasteiger partial charge >= 0.3 is 5.00 Å². The lowest BCUT2D eigenvalue weighted by atomic mass is 10.0. The normalized spacial score (nSPS) is 22.2. The standard InChI is InChI=1S/C17H26N4O3S/c1-13-11-16(21(23)24)25-17(13)19-9-7-18(8-10-19)12-15(22)20-6-4-3-5-14(20)2/h11,14H,3-10,12H2,1-2H3. The van der Waals surface area contributed by atoms with E-state index < -0.39 is 0 Å². The summed E-state index contributed by atoms with van der Waals surface area (Å²) in [6.07, 6.45) is 3.44. The van der Waals surface area contributed by atoms with Gasteiger partial charge in [0, 0.05) is 44.8 Å². The summed E-state index contributed by atoms with van der Waals surface area (Å²) in [5.74, 6) is 0.239. The average molecular weight is 366 g/mol. The van der Waals surface area contributed by atoms with Gasteiger partial charge in [0.25, 0.3) is 0 Å². The van der Waals surface area contributed by atoms with Gasteiger partial charge in [0.15, 0.2) is 0 Å². The SMILES string of the molecule is Cc1cc([N+](=O)[O-])sc1N1CCN(CC(=O)N2CCCCC2C)CC1. The fraction of sp³-hybridized carbons (Fsp3) is 0.706. The van der Waals surface area contributed by atoms with Crippen LogP contribution in [0.15, 0.2) is 6.07 Å². The first-order valence-corrected chi connectivity index (χ1v) is 9.79. The van der Waals surface area contributed by atoms with Crippen LogP contribution < -0.4 is 4.90 Å². The van der Waals surface area contributed by atoms with Crippen molar-refractivity contribution in [1.82, 2.24) is 9.80 Å². The van der Waals surface area contributed by atoms with E-state index in [1.165, 1.54) is 17.8 Å². The summed E-state index contributed by atoms with van der Waals surface area (Å²) < 4.78 is 0. The van der Waals surface area contributed by atoms with Gasteiger partial charge in [0.05, 0.1) is 11.5 Å². The van der Waals surface area contributed by atoms with Crippen LogP contribution in [0.3, 0.4) is 0 Å². The predicted molar refractivity (Wildman–Crippen MR) is 99.4 cm³/mol. The third-order valence-electron chi connectivity index (χ3n) is 5.20. The number of thiophene rings is 1. The molecule has 7 nitrogen and oxygen atoms in total. The molecule has 0 spiro atoms. The highest BCUT2D eigenvalue weighted by molar-refractivity contribution is 7.19. The van der Waals surface area contributed by atoms with Gasteiger partial charge < -0.3 is 9.80 Å². The zero-order valence-electron chi connectivity index (χ0n) is 14.9. The fourth-order valence-corrected chi connectivity index (χ4v) is 4.76. The maximum atomic E-state index is 12.6. The van der Waals surface area contributed by atoms with Crippen LogP contribution in [-0.4, -0.2) is 65.9 Å². The molecule has 1 aromatic heterocycles. The quantitative estimate of drug-likeness (QED) is 0.605. The third kappa shape index (κ3) is 4.12. The van der Waals surface area contributed by atoms with E-state index in [0.29, 0.717) is 12.6 Å². The monoisotopic (exact) mass is 366 g/mol. The molecule has 1 unspecified atom stereocenters. The van der Waals surface area contributed by atoms with Gasteiger partial charge in [-0.05, 0) is 50.0 Å². The van der Waals surface area contributed by atoms with E-state index in [2.05, 4.69) is 16.7 Å². The van der Waals surface area contributed by atoms with Gasteiger partial charge in [-0.15, -0.1) is 0 Å². The molecule has 2 aliphatic rings. The number of carbonyl (C=O) groups excluding carboxylic acids is 1. The van der Waals surface area contributed by atoms with Crippen LogP contribution in [0.1, 0.15) is 31.7 Å². The Morgan fingerprint density at radius 2 is 2.00 bits per heavy atom. The largest absolute Gasteiger partial charge is 0.360 e. The van der Waals surface area contributed by atoms with Crippen molar-refractivity contribution in [3.8, 4) is 0 Å². The molecule has 1 atom stereocenters. The highest BCUT2D eigenvalue weighted by Gasteiger charge is 2.27. The van der Waals surface area contributed by atoms with E-state index >= 15 is 0 Å². The van der Waals surface area contributed by atoms with E-state index in [1.54, 1.807) is 6.07 Å². The number of nitrogens with zero attached hydrogens (tertiary/aromatic N) is 4. The Balaban J connectivity index is 1.53. The van der Waals surface area contributed by atoms with Crippen LogP contribution in [0.5, 0.6) is 0 Å². The van der Waals surface area contributed by atoms with Crippen molar-refractivity contribution in [2.45, 2.75) is 39.2 Å². The molecule has 0 aliphatic carbocycles. The molecule has 8 heteroatoms. The summed E-state index contributed by atoms with van der Waals surface area (Å²) in [5, 5.41) is 12.1. The van der Waals surface area contributed by atoms with Gasteiger partial charge in [0.2, 0.25) is 5.91 Å². The van der Waals surface area contributed by atoms with Crippen LogP contribution in [0.2, 0.25) is 0 Å². The van der Waals surface area contributed by atoms with Crippen molar-refractivity contribution < 1.29 is 9.72 Å². The van der Waals surface area contributed by atoms with Crippen molar-refractivity contribution in [2.24, 2.45) is 0 Å². The summed E-state index contributed by atoms with van der Waals surface area (Å²) in [7, 11) is 0. The maximum Gasteiger partial charge on any atom is 0.326 e. The zero-order chi connectivity index (χ0) is 18.0. The Morgan fingerprint density at radius 3 is 2.60 bits per heavy atom. The van der Waals surface area contributed by atoms with Crippen LogP contribution in [0, 0.1) is 17.0 Å². The molecule has 25 heavy (non-hydrogen) atoms. The number of nitro groups is 1. The first-order valence-electron chi connectivity index (χ1n) is 8.97. The minimum absolute atomic E-state index is 0.198. The highest BCUT2D eigenvalue weighted by Crippen LogP contribution is 2.36. The maximum absolute atomic E-state index is 12.6. The van der Waals surface area contributed by atoms with Crippen molar-refractivity contribution in [3.05, 3.63) is 21.7 Å². The van der Waals surface area contributed by atoms with Crippen LogP contribution in [0.25, 0.3) is 0 Å². The van der Waals surface area contributed by atoms with Crippen LogP contribution in [0.4, 0.5) is 10.0 Å². The summed E-state index contributed by atoms with van der Waals surface area (Å²) in [6, 6.07) is 2.00. The van der Waals surface area contributed by atoms with Crippen molar-refractivity contribution in [1.29, 1.82) is 0 Å². The summed E-state index contributed by atoms with van der Waals surface area (Å²) in [4.78, 5) is 29.6. The molecule has 138 valence electrons. The number of anilines is 1. The Bertz CT molecular complexity index is 640. The van der Waals surface area contributed by atoms with E-state index in [1.807, 2.05) is 11.8 Å². The number of piperazine rings is 1. The van der Waals surface area contributed by atoms with Gasteiger partial charge in [-0.1, -0.05) is 0 Å². The van der Waals surface area contributed by atoms with Gasteiger partial charge in [-0.2, -0.15) is 0 Å². The minimum atomic E-state index is -0.324. The topological polar surface area (TPSA) is 69.9 Å². The Morgan fingerprint density at radius 1 is 1.28 bits per heavy atom. The highest BCUT2D eigenvalue weighted by atomic mass is 32.1. The first-order chi connectivity index (χ1) is 12.0. The number of aryl methyl sites for hydroxylation is 1. The number of hydrogen-bond donors (Lipinski definition) is 0. The molecule has 1 aromatic rings. The molecular weight excluding hydrogens is 340 g/mol. The summed E-state index contributed by atoms with van der Waals surface area (Å²) in [6.45, 7) is 8.69. The van der Waals surface area contributed by atoms with Crippen molar-refractivity contribution in [2.75, 3.05) is 44.2 Å². The molecular formula is C17H26N4O3S. The lowest BCUT2D eigenvalue weighted by Crippen LogP contribution is -2.52. The lowest BCUT2D eigenvalue weighted by Gasteiger charge is -2.38. The second-order valence-corrected chi connectivity index (χ2v) is 8.03. The number of rotatable bonds is 4. The van der Waals surface area contributed by atoms with Crippen molar-refractivity contribution in [3.63, 3.8) is 0 Å². The van der Waals surface area contributed by atoms with E-state index in [9.17, 15) is 14.9 Å². The molecule has 0 saturated carbocycles. The Hall–Kier alpha value is -1.67. The number of likely N-dealkylation sites (tertiary alicyclic amines) is 1. The molecule has 3 heterocycles.